The van der Waals surface area contributed by atoms with Crippen molar-refractivity contribution in [2.75, 3.05) is 204 Å². The molecule has 0 spiro atoms. The van der Waals surface area contributed by atoms with Gasteiger partial charge >= 0.3 is 11.9 Å². The fourth-order valence-electron chi connectivity index (χ4n) is 14.8. The Labute approximate surface area is 797 Å². The first-order chi connectivity index (χ1) is 62.4. The minimum Gasteiger partial charge on any atom is -0.379 e. The van der Waals surface area contributed by atoms with Gasteiger partial charge in [-0.25, -0.2) is 34.8 Å². The van der Waals surface area contributed by atoms with Gasteiger partial charge in [-0.3, -0.25) is 43.0 Å². The Hall–Kier alpha value is -7.48. The Kier molecular flexibility index (Phi) is 45.6. The highest BCUT2D eigenvalue weighted by Gasteiger charge is 2.37. The lowest BCUT2D eigenvalue weighted by atomic mass is 9.85. The number of likely N-dealkylation sites (N-methyl/N-ethyl adjacent to an activating group) is 5. The van der Waals surface area contributed by atoms with Crippen LogP contribution in [0.5, 0.6) is 0 Å². The molecule has 2 fully saturated rings. The summed E-state index contributed by atoms with van der Waals surface area (Å²) in [4.78, 5) is 113. The highest BCUT2D eigenvalue weighted by Crippen LogP contribution is 2.42. The van der Waals surface area contributed by atoms with Crippen molar-refractivity contribution in [3.8, 4) is 0 Å². The number of benzene rings is 6. The van der Waals surface area contributed by atoms with Crippen molar-refractivity contribution < 1.29 is 107 Å². The summed E-state index contributed by atoms with van der Waals surface area (Å²) < 4.78 is 126. The smallest absolute Gasteiger partial charge is 0.347 e. The van der Waals surface area contributed by atoms with E-state index < -0.39 is 85.3 Å². The number of alkyl halides is 1. The third kappa shape index (κ3) is 35.0. The third-order valence-electron chi connectivity index (χ3n) is 21.0. The van der Waals surface area contributed by atoms with Gasteiger partial charge in [-0.1, -0.05) is 113 Å². The first-order valence-electron chi connectivity index (χ1n) is 42.6. The molecule has 4 N–H and O–H groups in total. The zero-order chi connectivity index (χ0) is 95.5. The van der Waals surface area contributed by atoms with Crippen LogP contribution in [0.4, 0.5) is 4.39 Å². The number of nitrogens with zero attached hydrogens (tertiary/aromatic N) is 7. The normalized spacial score (nSPS) is 16.5. The van der Waals surface area contributed by atoms with E-state index in [9.17, 15) is 68.0 Å². The number of hydrogen-bond acceptors (Lipinski definition) is 28. The lowest BCUT2D eigenvalue weighted by Crippen LogP contribution is -2.42. The first-order valence-corrected chi connectivity index (χ1v) is 49.2. The molecule has 5 aliphatic rings. The first kappa shape index (κ1) is 109. The van der Waals surface area contributed by atoms with Crippen LogP contribution in [0, 0.1) is 0 Å². The molecular weight excluding hydrogens is 1890 g/mol. The minimum atomic E-state index is -3.50. The summed E-state index contributed by atoms with van der Waals surface area (Å²) in [5.74, 6) is -4.74. The van der Waals surface area contributed by atoms with Crippen molar-refractivity contribution in [2.24, 2.45) is 5.73 Å². The van der Waals surface area contributed by atoms with Crippen molar-refractivity contribution in [3.05, 3.63) is 189 Å². The van der Waals surface area contributed by atoms with Gasteiger partial charge in [0.2, 0.25) is 11.8 Å². The van der Waals surface area contributed by atoms with Crippen LogP contribution in [-0.2, 0) is 126 Å². The number of hydroxylamine groups is 4. The van der Waals surface area contributed by atoms with Crippen molar-refractivity contribution in [1.29, 1.82) is 0 Å². The van der Waals surface area contributed by atoms with Gasteiger partial charge in [0.15, 0.2) is 29.5 Å². The maximum atomic E-state index is 13.0. The molecule has 3 atom stereocenters. The Morgan fingerprint density at radius 3 is 0.962 bits per heavy atom. The van der Waals surface area contributed by atoms with Crippen LogP contribution in [0.15, 0.2) is 124 Å². The van der Waals surface area contributed by atoms with E-state index in [1.807, 2.05) is 75.7 Å². The average molecular weight is 2010 g/mol. The van der Waals surface area contributed by atoms with Gasteiger partial charge in [0, 0.05) is 152 Å². The summed E-state index contributed by atoms with van der Waals surface area (Å²) >= 11 is 38.4. The average Bonchev–Trinajstić information content (AvgIpc) is 0.972. The van der Waals surface area contributed by atoms with Crippen molar-refractivity contribution in [1.82, 2.24) is 45.3 Å². The molecule has 32 nitrogen and oxygen atoms in total. The molecule has 0 aliphatic carbocycles. The minimum absolute atomic E-state index is 0. The topological polar surface area (TPSA) is 386 Å². The van der Waals surface area contributed by atoms with E-state index in [-0.39, 0.29) is 169 Å². The maximum Gasteiger partial charge on any atom is 0.347 e. The molecule has 0 saturated carbocycles. The Bertz CT molecular complexity index is 4950. The SMILES string of the molecule is C.CN(CC(=O)NCCOCCOCCCS(=O)(=O)c1ccc(C2CN(C)Cc3c(Cl)cc(Cl)cc32)cc1)CC(=O)NCCOCCOCCCS(=O)(=O)c1ccc(C2CN(C)Cc3c(Cl)cc(Cl)cc32)cc1.CN(CC(=O)ON1C(=O)CCC1=O)CC(=O)ON1C(=O)CCC1=O.CN1Cc2c(Cl)cc(Cl)cc2C(c2ccc(S(=O)(=O)CCCOCCOCCN)cc2)C1.[2H]CF. The molecule has 42 heteroatoms. The summed E-state index contributed by atoms with van der Waals surface area (Å²) in [6.45, 7) is 8.69. The molecule has 5 aliphatic heterocycles. The zero-order valence-corrected chi connectivity index (χ0v) is 80.1. The van der Waals surface area contributed by atoms with Gasteiger partial charge in [0.25, 0.3) is 23.6 Å². The molecule has 3 unspecified atom stereocenters. The number of imide groups is 2. The van der Waals surface area contributed by atoms with Crippen LogP contribution in [0.3, 0.4) is 0 Å². The van der Waals surface area contributed by atoms with Crippen LogP contribution in [0.2, 0.25) is 30.1 Å². The lowest BCUT2D eigenvalue weighted by Gasteiger charge is -2.33. The summed E-state index contributed by atoms with van der Waals surface area (Å²) in [6.07, 6.45) is 1.000. The highest BCUT2D eigenvalue weighted by atomic mass is 35.5. The molecule has 6 aromatic carbocycles. The van der Waals surface area contributed by atoms with Crippen LogP contribution in [-0.4, -0.2) is 312 Å². The summed E-state index contributed by atoms with van der Waals surface area (Å²) in [5.41, 5.74) is 14.7. The number of halogens is 7. The molecule has 6 amide bonds. The maximum absolute atomic E-state index is 13.0. The van der Waals surface area contributed by atoms with E-state index in [1.165, 1.54) is 11.9 Å². The molecular formula is C89H117Cl6FN10O22S3. The van der Waals surface area contributed by atoms with E-state index in [1.54, 1.807) is 66.5 Å². The van der Waals surface area contributed by atoms with E-state index >= 15 is 0 Å². The van der Waals surface area contributed by atoms with Crippen molar-refractivity contribution >= 4 is 146 Å². The number of sulfone groups is 3. The fraction of sp³-hybridized carbons (Fsp3) is 0.506. The molecule has 11 rings (SSSR count). The monoisotopic (exact) mass is 2000 g/mol. The molecule has 131 heavy (non-hydrogen) atoms. The number of ether oxygens (including phenoxy) is 6. The molecule has 0 radical (unpaired) electrons. The Balaban J connectivity index is 0.000000323. The van der Waals surface area contributed by atoms with Gasteiger partial charge in [-0.05, 0) is 177 Å². The number of nitrogens with two attached hydrogens (primary N) is 1. The molecule has 6 aromatic rings. The molecule has 0 bridgehead atoms. The Morgan fingerprint density at radius 2 is 0.687 bits per heavy atom. The van der Waals surface area contributed by atoms with Gasteiger partial charge in [0.1, 0.15) is 0 Å². The molecule has 5 heterocycles. The number of carbonyl (C=O) groups is 8. The van der Waals surface area contributed by atoms with Crippen LogP contribution < -0.4 is 16.4 Å². The largest absolute Gasteiger partial charge is 0.379 e. The van der Waals surface area contributed by atoms with Crippen molar-refractivity contribution in [2.45, 2.75) is 104 Å². The molecule has 0 aromatic heterocycles. The lowest BCUT2D eigenvalue weighted by molar-refractivity contribution is -0.200. The molecule has 2 saturated heterocycles. The number of amides is 6. The summed E-state index contributed by atoms with van der Waals surface area (Å²) in [6, 6.07) is 32.3. The van der Waals surface area contributed by atoms with Crippen molar-refractivity contribution in [3.63, 3.8) is 0 Å². The van der Waals surface area contributed by atoms with E-state index in [0.29, 0.717) is 97.4 Å². The quantitative estimate of drug-likeness (QED) is 0.0236. The van der Waals surface area contributed by atoms with Crippen LogP contribution >= 0.6 is 69.6 Å². The second-order valence-corrected chi connectivity index (χ2v) is 40.3. The predicted octanol–water partition coefficient (Wildman–Crippen LogP) is 9.79. The second kappa shape index (κ2) is 54.9. The van der Waals surface area contributed by atoms with Gasteiger partial charge in [-0.2, -0.15) is 0 Å². The van der Waals surface area contributed by atoms with Gasteiger partial charge in [0.05, 0.1) is 126 Å². The van der Waals surface area contributed by atoms with Gasteiger partial charge < -0.3 is 69.2 Å². The number of hydrogen-bond donors (Lipinski definition) is 3. The highest BCUT2D eigenvalue weighted by molar-refractivity contribution is 7.92. The summed E-state index contributed by atoms with van der Waals surface area (Å²) in [7, 11) is -2.23. The third-order valence-corrected chi connectivity index (χ3v) is 28.2. The Morgan fingerprint density at radius 1 is 0.427 bits per heavy atom. The van der Waals surface area contributed by atoms with Crippen LogP contribution in [0.1, 0.15) is 122 Å². The van der Waals surface area contributed by atoms with Crippen LogP contribution in [0.25, 0.3) is 0 Å². The standard InChI is InChI=1S/C51H65Cl4N5O10S2.C23H30Cl2N2O4S.C13H15N3O8.CH3F.CH4/c1-58-30-44(42-26-38(52)28-48(54)46(42)32-58)36-6-10-40(11-7-36)71(63,64)24-4-16-67-20-22-69-18-14-56-50(61)34-60(3)35-51(62)57-15-19-70-23-21-68-17-5-25-72(65,66)41-12-8-37(9-13-41)45-31-59(2)33-47-43(45)27-39(53)29-49(47)55;1-27-15-21(20-13-18(24)14-23(25)22(20)16-27)17-3-5-19(6-4-17)32(28,29)12-2-8-30-10-11-31-9-7-26;1-14(6-12(21)23-15-8(17)2-3-9(15)18)7-13(22)24-16-10(19)4-5-11(16)20;1-2;/h6-13,26-29,44-45H,4-5,14-25,30-35H2,1-3H3,(H,56,61)(H,57,62);3-6,13-14,21H,2,7-12,15-16,26H2,1H3;2-7H2,1H3;1H3;1H4/i;;;1D;. The zero-order valence-electron chi connectivity index (χ0n) is 74.1. The number of carbonyl (C=O) groups excluding carboxylic acids is 8. The van der Waals surface area contributed by atoms with E-state index in [2.05, 4.69) is 35.0 Å². The molecule has 722 valence electrons. The summed E-state index contributed by atoms with van der Waals surface area (Å²) in [5, 5.41) is 9.99. The number of rotatable bonds is 45. The fourth-order valence-corrected chi connectivity index (χ4v) is 20.4. The predicted molar refractivity (Wildman–Crippen MR) is 496 cm³/mol. The number of nitrogens with one attached hydrogen (secondary N) is 2. The second-order valence-electron chi connectivity index (χ2n) is 31.4. The number of fused-ring (bicyclic) bond motifs is 3. The van der Waals surface area contributed by atoms with Gasteiger partial charge in [-0.15, -0.1) is 10.1 Å². The van der Waals surface area contributed by atoms with E-state index in [0.717, 1.165) is 89.3 Å². The van der Waals surface area contributed by atoms with E-state index in [4.69, 9.17) is 105 Å².